The minimum atomic E-state index is 0.288. The molecule has 0 aromatic rings. The number of nitrogens with two attached hydrogens (primary N) is 1. The summed E-state index contributed by atoms with van der Waals surface area (Å²) in [6, 6.07) is 0. The van der Waals surface area contributed by atoms with Gasteiger partial charge in [0.1, 0.15) is 0 Å². The maximum absolute atomic E-state index is 6.26. The molecule has 4 aliphatic rings. The molecule has 0 amide bonds. The molecule has 1 atom stereocenters. The fraction of sp³-hybridized carbons (Fsp3) is 1.00. The van der Waals surface area contributed by atoms with Crippen LogP contribution < -0.4 is 5.73 Å². The number of hydrogen-bond donors (Lipinski definition) is 1. The predicted octanol–water partition coefficient (Wildman–Crippen LogP) is 1.28. The summed E-state index contributed by atoms with van der Waals surface area (Å²) in [7, 11) is 0. The van der Waals surface area contributed by atoms with Crippen LogP contribution >= 0.6 is 0 Å². The molecule has 2 bridgehead atoms. The Morgan fingerprint density at radius 3 is 2.29 bits per heavy atom. The SMILES string of the molecule is CC1(C)CCCN1C1(CN)CN2CCC1CC2. The summed E-state index contributed by atoms with van der Waals surface area (Å²) < 4.78 is 0. The number of hydrogen-bond acceptors (Lipinski definition) is 3. The van der Waals surface area contributed by atoms with E-state index in [9.17, 15) is 0 Å². The molecule has 3 nitrogen and oxygen atoms in total. The Morgan fingerprint density at radius 1 is 1.18 bits per heavy atom. The topological polar surface area (TPSA) is 32.5 Å². The molecule has 4 aliphatic heterocycles. The van der Waals surface area contributed by atoms with Gasteiger partial charge < -0.3 is 10.6 Å². The second-order valence-corrected chi connectivity index (χ2v) is 6.93. The van der Waals surface area contributed by atoms with Crippen molar-refractivity contribution in [2.75, 3.05) is 32.7 Å². The van der Waals surface area contributed by atoms with Gasteiger partial charge >= 0.3 is 0 Å². The van der Waals surface area contributed by atoms with Gasteiger partial charge in [0.05, 0.1) is 0 Å². The van der Waals surface area contributed by atoms with Crippen LogP contribution in [0.5, 0.6) is 0 Å². The third kappa shape index (κ3) is 1.66. The lowest BCUT2D eigenvalue weighted by atomic mass is 9.70. The molecule has 2 N–H and O–H groups in total. The maximum atomic E-state index is 6.26. The number of piperidine rings is 3. The lowest BCUT2D eigenvalue weighted by molar-refractivity contribution is -0.0907. The second kappa shape index (κ2) is 3.94. The van der Waals surface area contributed by atoms with E-state index in [0.717, 1.165) is 12.5 Å². The Morgan fingerprint density at radius 2 is 1.88 bits per heavy atom. The van der Waals surface area contributed by atoms with Crippen molar-refractivity contribution >= 4 is 0 Å². The van der Waals surface area contributed by atoms with Gasteiger partial charge in [-0.1, -0.05) is 0 Å². The Bertz CT molecular complexity index is 294. The molecule has 3 heteroatoms. The zero-order valence-corrected chi connectivity index (χ0v) is 11.4. The van der Waals surface area contributed by atoms with Crippen LogP contribution in [0.25, 0.3) is 0 Å². The average molecular weight is 237 g/mol. The maximum Gasteiger partial charge on any atom is 0.0492 e. The first-order valence-corrected chi connectivity index (χ1v) is 7.29. The van der Waals surface area contributed by atoms with Gasteiger partial charge in [-0.05, 0) is 65.1 Å². The number of fused-ring (bicyclic) bond motifs is 3. The molecular formula is C14H27N3. The molecule has 0 aliphatic carbocycles. The average Bonchev–Trinajstić information content (AvgIpc) is 2.70. The molecule has 0 spiro atoms. The number of rotatable bonds is 2. The Kier molecular flexibility index (Phi) is 2.77. The second-order valence-electron chi connectivity index (χ2n) is 6.93. The first kappa shape index (κ1) is 11.9. The van der Waals surface area contributed by atoms with E-state index < -0.39 is 0 Å². The highest BCUT2D eigenvalue weighted by Gasteiger charge is 2.54. The molecule has 0 aromatic carbocycles. The van der Waals surface area contributed by atoms with Gasteiger partial charge in [-0.3, -0.25) is 4.90 Å². The van der Waals surface area contributed by atoms with Crippen molar-refractivity contribution in [1.29, 1.82) is 0 Å². The van der Waals surface area contributed by atoms with Crippen molar-refractivity contribution in [1.82, 2.24) is 9.80 Å². The Hall–Kier alpha value is -0.120. The molecule has 4 rings (SSSR count). The van der Waals surface area contributed by atoms with Crippen molar-refractivity contribution in [2.45, 2.75) is 50.6 Å². The number of likely N-dealkylation sites (tertiary alicyclic amines) is 1. The summed E-state index contributed by atoms with van der Waals surface area (Å²) in [4.78, 5) is 5.41. The minimum Gasteiger partial charge on any atom is -0.329 e. The van der Waals surface area contributed by atoms with Crippen LogP contribution in [0.1, 0.15) is 39.5 Å². The fourth-order valence-corrected chi connectivity index (χ4v) is 4.72. The monoisotopic (exact) mass is 237 g/mol. The smallest absolute Gasteiger partial charge is 0.0492 e. The van der Waals surface area contributed by atoms with Crippen molar-refractivity contribution in [3.05, 3.63) is 0 Å². The van der Waals surface area contributed by atoms with E-state index in [1.165, 1.54) is 51.9 Å². The minimum absolute atomic E-state index is 0.288. The van der Waals surface area contributed by atoms with Gasteiger partial charge in [0, 0.05) is 24.2 Å². The highest BCUT2D eigenvalue weighted by molar-refractivity contribution is 5.10. The summed E-state index contributed by atoms with van der Waals surface area (Å²) in [5, 5.41) is 0. The van der Waals surface area contributed by atoms with Gasteiger partial charge in [-0.15, -0.1) is 0 Å². The highest BCUT2D eigenvalue weighted by atomic mass is 15.3. The normalized spacial score (nSPS) is 45.4. The Labute approximate surface area is 105 Å². The first-order valence-electron chi connectivity index (χ1n) is 7.29. The summed E-state index contributed by atoms with van der Waals surface area (Å²) in [5.41, 5.74) is 6.90. The van der Waals surface area contributed by atoms with Crippen molar-refractivity contribution in [3.8, 4) is 0 Å². The van der Waals surface area contributed by atoms with E-state index in [1.54, 1.807) is 0 Å². The van der Waals surface area contributed by atoms with Gasteiger partial charge in [-0.25, -0.2) is 0 Å². The van der Waals surface area contributed by atoms with Gasteiger partial charge in [0.25, 0.3) is 0 Å². The Balaban J connectivity index is 1.92. The lowest BCUT2D eigenvalue weighted by Crippen LogP contribution is -2.72. The molecule has 4 saturated heterocycles. The van der Waals surface area contributed by atoms with E-state index in [1.807, 2.05) is 0 Å². The van der Waals surface area contributed by atoms with Crippen LogP contribution in [-0.2, 0) is 0 Å². The van der Waals surface area contributed by atoms with Crippen LogP contribution in [0.4, 0.5) is 0 Å². The highest BCUT2D eigenvalue weighted by Crippen LogP contribution is 2.45. The largest absolute Gasteiger partial charge is 0.329 e. The lowest BCUT2D eigenvalue weighted by Gasteiger charge is -2.60. The third-order valence-corrected chi connectivity index (χ3v) is 5.64. The van der Waals surface area contributed by atoms with E-state index in [0.29, 0.717) is 5.54 Å². The predicted molar refractivity (Wildman–Crippen MR) is 71.0 cm³/mol. The molecule has 0 aromatic heterocycles. The molecule has 4 fully saturated rings. The summed E-state index contributed by atoms with van der Waals surface area (Å²) in [5.74, 6) is 0.842. The van der Waals surface area contributed by atoms with Crippen molar-refractivity contribution in [3.63, 3.8) is 0 Å². The van der Waals surface area contributed by atoms with E-state index in [4.69, 9.17) is 5.73 Å². The van der Waals surface area contributed by atoms with Crippen molar-refractivity contribution in [2.24, 2.45) is 11.7 Å². The summed E-state index contributed by atoms with van der Waals surface area (Å²) >= 11 is 0. The standard InChI is InChI=1S/C14H27N3/c1-13(2)6-3-7-17(13)14(10-15)11-16-8-4-12(14)5-9-16/h12H,3-11,15H2,1-2H3. The van der Waals surface area contributed by atoms with Gasteiger partial charge in [-0.2, -0.15) is 0 Å². The van der Waals surface area contributed by atoms with Crippen molar-refractivity contribution < 1.29 is 0 Å². The van der Waals surface area contributed by atoms with Gasteiger partial charge in [0.15, 0.2) is 0 Å². The van der Waals surface area contributed by atoms with E-state index >= 15 is 0 Å². The summed E-state index contributed by atoms with van der Waals surface area (Å²) in [6.45, 7) is 10.8. The van der Waals surface area contributed by atoms with Crippen LogP contribution in [0.3, 0.4) is 0 Å². The molecular weight excluding hydrogens is 210 g/mol. The zero-order valence-electron chi connectivity index (χ0n) is 11.4. The van der Waals surface area contributed by atoms with Crippen LogP contribution in [-0.4, -0.2) is 53.6 Å². The molecule has 0 radical (unpaired) electrons. The molecule has 0 saturated carbocycles. The fourth-order valence-electron chi connectivity index (χ4n) is 4.72. The zero-order chi connectivity index (χ0) is 12.1. The van der Waals surface area contributed by atoms with Crippen LogP contribution in [0.15, 0.2) is 0 Å². The molecule has 1 unspecified atom stereocenters. The number of nitrogens with zero attached hydrogens (tertiary/aromatic N) is 2. The third-order valence-electron chi connectivity index (χ3n) is 5.64. The van der Waals surface area contributed by atoms with Crippen LogP contribution in [0.2, 0.25) is 0 Å². The van der Waals surface area contributed by atoms with E-state index in [2.05, 4.69) is 23.6 Å². The molecule has 98 valence electrons. The van der Waals surface area contributed by atoms with Gasteiger partial charge in [0.2, 0.25) is 0 Å². The van der Waals surface area contributed by atoms with E-state index in [-0.39, 0.29) is 5.54 Å². The molecule has 17 heavy (non-hydrogen) atoms. The summed E-state index contributed by atoms with van der Waals surface area (Å²) in [6.07, 6.45) is 5.41. The first-order chi connectivity index (χ1) is 8.08. The molecule has 4 heterocycles. The quantitative estimate of drug-likeness (QED) is 0.785. The van der Waals surface area contributed by atoms with Crippen LogP contribution in [0, 0.1) is 5.92 Å².